The molecule has 0 bridgehead atoms. The largest absolute Gasteiger partial charge is 0.472 e. The lowest BCUT2D eigenvalue weighted by Gasteiger charge is -2.27. The van der Waals surface area contributed by atoms with E-state index in [0.717, 1.165) is 80.2 Å². The predicted octanol–water partition coefficient (Wildman–Crippen LogP) is 5.82. The SMILES string of the molecule is CC(C)(C)S(=O)(=O)NC(=O)c1ccc2c(C3CCCCC3)c(-c3ccoc3)n(CC(=O)N3CCCCC3)c2c1. The highest BCUT2D eigenvalue weighted by Crippen LogP contribution is 2.44. The summed E-state index contributed by atoms with van der Waals surface area (Å²) >= 11 is 0. The number of carbonyl (C=O) groups excluding carboxylic acids is 2. The Balaban J connectivity index is 1.65. The fourth-order valence-electron chi connectivity index (χ4n) is 5.91. The number of hydrogen-bond donors (Lipinski definition) is 1. The van der Waals surface area contributed by atoms with Crippen LogP contribution >= 0.6 is 0 Å². The molecular weight excluding hydrogens is 514 g/mol. The van der Waals surface area contributed by atoms with E-state index in [-0.39, 0.29) is 18.0 Å². The maximum atomic E-state index is 13.6. The monoisotopic (exact) mass is 553 g/mol. The van der Waals surface area contributed by atoms with Gasteiger partial charge in [0.15, 0.2) is 0 Å². The van der Waals surface area contributed by atoms with Crippen molar-refractivity contribution in [2.24, 2.45) is 0 Å². The Morgan fingerprint density at radius 3 is 2.33 bits per heavy atom. The Labute approximate surface area is 230 Å². The lowest BCUT2D eigenvalue weighted by molar-refractivity contribution is -0.132. The Kier molecular flexibility index (Phi) is 7.64. The van der Waals surface area contributed by atoms with Crippen molar-refractivity contribution in [2.45, 2.75) is 89.3 Å². The summed E-state index contributed by atoms with van der Waals surface area (Å²) in [6, 6.07) is 7.27. The predicted molar refractivity (Wildman–Crippen MR) is 152 cm³/mol. The van der Waals surface area contributed by atoms with Crippen LogP contribution in [0.15, 0.2) is 41.2 Å². The van der Waals surface area contributed by atoms with Gasteiger partial charge in [0.25, 0.3) is 5.91 Å². The zero-order chi connectivity index (χ0) is 27.8. The molecule has 9 heteroatoms. The summed E-state index contributed by atoms with van der Waals surface area (Å²) in [6.45, 7) is 6.32. The third-order valence-electron chi connectivity index (χ3n) is 8.21. The van der Waals surface area contributed by atoms with Crippen LogP contribution in [-0.4, -0.2) is 47.5 Å². The van der Waals surface area contributed by atoms with E-state index in [4.69, 9.17) is 4.42 Å². The fraction of sp³-hybridized carbons (Fsp3) is 0.533. The van der Waals surface area contributed by atoms with E-state index in [1.165, 1.54) is 12.0 Å². The Bertz CT molecular complexity index is 1450. The second-order valence-electron chi connectivity index (χ2n) is 11.9. The number of likely N-dealkylation sites (tertiary alicyclic amines) is 1. The van der Waals surface area contributed by atoms with Crippen LogP contribution < -0.4 is 4.72 Å². The molecule has 0 radical (unpaired) electrons. The minimum Gasteiger partial charge on any atom is -0.472 e. The number of nitrogens with one attached hydrogen (secondary N) is 1. The molecule has 1 saturated carbocycles. The molecule has 1 aliphatic carbocycles. The van der Waals surface area contributed by atoms with Gasteiger partial charge >= 0.3 is 0 Å². The Morgan fingerprint density at radius 1 is 1.00 bits per heavy atom. The molecule has 1 N–H and O–H groups in total. The number of amides is 2. The second-order valence-corrected chi connectivity index (χ2v) is 14.4. The van der Waals surface area contributed by atoms with Crippen LogP contribution in [-0.2, 0) is 21.4 Å². The van der Waals surface area contributed by atoms with Gasteiger partial charge in [-0.05, 0) is 82.6 Å². The molecule has 3 heterocycles. The highest BCUT2D eigenvalue weighted by atomic mass is 32.2. The van der Waals surface area contributed by atoms with E-state index < -0.39 is 20.7 Å². The summed E-state index contributed by atoms with van der Waals surface area (Å²) in [7, 11) is -3.88. The number of furan rings is 1. The van der Waals surface area contributed by atoms with E-state index in [1.807, 2.05) is 21.6 Å². The molecular formula is C30H39N3O5S. The van der Waals surface area contributed by atoms with Crippen molar-refractivity contribution in [2.75, 3.05) is 13.1 Å². The number of benzene rings is 1. The topological polar surface area (TPSA) is 102 Å². The molecule has 2 aliphatic rings. The first-order chi connectivity index (χ1) is 18.6. The number of carbonyl (C=O) groups is 2. The normalized spacial score (nSPS) is 17.5. The summed E-state index contributed by atoms with van der Waals surface area (Å²) < 4.78 is 34.0. The Morgan fingerprint density at radius 2 is 1.69 bits per heavy atom. The van der Waals surface area contributed by atoms with Crippen molar-refractivity contribution in [3.8, 4) is 11.3 Å². The molecule has 2 fully saturated rings. The van der Waals surface area contributed by atoms with Gasteiger partial charge < -0.3 is 13.9 Å². The van der Waals surface area contributed by atoms with Crippen molar-refractivity contribution in [3.05, 3.63) is 47.9 Å². The van der Waals surface area contributed by atoms with Crippen molar-refractivity contribution in [1.29, 1.82) is 0 Å². The number of fused-ring (bicyclic) bond motifs is 1. The third kappa shape index (κ3) is 5.51. The van der Waals surface area contributed by atoms with Crippen LogP contribution in [0.2, 0.25) is 0 Å². The fourth-order valence-corrected chi connectivity index (χ4v) is 6.58. The molecule has 210 valence electrons. The minimum absolute atomic E-state index is 0.0525. The molecule has 2 aromatic heterocycles. The number of piperidine rings is 1. The summed E-state index contributed by atoms with van der Waals surface area (Å²) in [5.41, 5.74) is 4.05. The zero-order valence-corrected chi connectivity index (χ0v) is 24.0. The van der Waals surface area contributed by atoms with Gasteiger partial charge in [-0.25, -0.2) is 13.1 Å². The average molecular weight is 554 g/mol. The van der Waals surface area contributed by atoms with E-state index in [2.05, 4.69) is 4.72 Å². The molecule has 39 heavy (non-hydrogen) atoms. The van der Waals surface area contributed by atoms with Crippen LogP contribution in [0, 0.1) is 0 Å². The number of hydrogen-bond acceptors (Lipinski definition) is 5. The van der Waals surface area contributed by atoms with Crippen LogP contribution in [0.25, 0.3) is 22.2 Å². The zero-order valence-electron chi connectivity index (χ0n) is 23.2. The van der Waals surface area contributed by atoms with Crippen LogP contribution in [0.4, 0.5) is 0 Å². The van der Waals surface area contributed by atoms with Gasteiger partial charge in [0, 0.05) is 29.6 Å². The lowest BCUT2D eigenvalue weighted by Crippen LogP contribution is -2.42. The average Bonchev–Trinajstić information content (AvgIpc) is 3.55. The van der Waals surface area contributed by atoms with Crippen molar-refractivity contribution >= 4 is 32.7 Å². The highest BCUT2D eigenvalue weighted by Gasteiger charge is 2.32. The third-order valence-corrected chi connectivity index (χ3v) is 10.3. The molecule has 1 aromatic carbocycles. The minimum atomic E-state index is -3.88. The van der Waals surface area contributed by atoms with Crippen LogP contribution in [0.3, 0.4) is 0 Å². The molecule has 2 amide bonds. The summed E-state index contributed by atoms with van der Waals surface area (Å²) in [5, 5.41) is 1.000. The maximum absolute atomic E-state index is 13.6. The number of sulfonamides is 1. The molecule has 8 nitrogen and oxygen atoms in total. The van der Waals surface area contributed by atoms with Crippen LogP contribution in [0.5, 0.6) is 0 Å². The van der Waals surface area contributed by atoms with E-state index in [1.54, 1.807) is 45.4 Å². The number of rotatable bonds is 6. The van der Waals surface area contributed by atoms with Gasteiger partial charge in [0.2, 0.25) is 15.9 Å². The van der Waals surface area contributed by atoms with Crippen molar-refractivity contribution in [1.82, 2.24) is 14.2 Å². The van der Waals surface area contributed by atoms with Gasteiger partial charge in [-0.2, -0.15) is 0 Å². The Hall–Kier alpha value is -3.07. The lowest BCUT2D eigenvalue weighted by atomic mass is 9.82. The number of aromatic nitrogens is 1. The van der Waals surface area contributed by atoms with E-state index >= 15 is 0 Å². The summed E-state index contributed by atoms with van der Waals surface area (Å²) in [5.74, 6) is -0.291. The van der Waals surface area contributed by atoms with Gasteiger partial charge in [0.05, 0.1) is 28.5 Å². The smallest absolute Gasteiger partial charge is 0.264 e. The van der Waals surface area contributed by atoms with Gasteiger partial charge in [-0.3, -0.25) is 9.59 Å². The molecule has 0 unspecified atom stereocenters. The first-order valence-corrected chi connectivity index (χ1v) is 15.6. The van der Waals surface area contributed by atoms with Crippen LogP contribution in [0.1, 0.15) is 94.0 Å². The first kappa shape index (κ1) is 27.5. The van der Waals surface area contributed by atoms with Gasteiger partial charge in [-0.15, -0.1) is 0 Å². The second kappa shape index (κ2) is 10.8. The number of nitrogens with zero attached hydrogens (tertiary/aromatic N) is 2. The molecule has 5 rings (SSSR count). The van der Waals surface area contributed by atoms with Crippen molar-refractivity contribution in [3.63, 3.8) is 0 Å². The molecule has 1 saturated heterocycles. The van der Waals surface area contributed by atoms with Gasteiger partial charge in [-0.1, -0.05) is 25.3 Å². The molecule has 0 spiro atoms. The van der Waals surface area contributed by atoms with Gasteiger partial charge in [0.1, 0.15) is 6.54 Å². The maximum Gasteiger partial charge on any atom is 0.264 e. The quantitative estimate of drug-likeness (QED) is 0.415. The highest BCUT2D eigenvalue weighted by molar-refractivity contribution is 7.91. The molecule has 3 aromatic rings. The molecule has 0 atom stereocenters. The van der Waals surface area contributed by atoms with E-state index in [9.17, 15) is 18.0 Å². The molecule has 1 aliphatic heterocycles. The van der Waals surface area contributed by atoms with E-state index in [0.29, 0.717) is 5.92 Å². The first-order valence-electron chi connectivity index (χ1n) is 14.1. The summed E-state index contributed by atoms with van der Waals surface area (Å²) in [6.07, 6.45) is 12.2. The standard InChI is InChI=1S/C30H39N3O5S/c1-30(2,3)39(36,37)31-29(35)22-12-13-24-25(18-22)33(19-26(34)32-15-8-5-9-16-32)28(23-14-17-38-20-23)27(24)21-10-6-4-7-11-21/h12-14,17-18,20-21H,4-11,15-16,19H2,1-3H3,(H,31,35). The summed E-state index contributed by atoms with van der Waals surface area (Å²) in [4.78, 5) is 28.7. The van der Waals surface area contributed by atoms with Crippen molar-refractivity contribution < 1.29 is 22.4 Å².